The van der Waals surface area contributed by atoms with Gasteiger partial charge in [0.2, 0.25) is 0 Å². The second-order valence-electron chi connectivity index (χ2n) is 5.91. The van der Waals surface area contributed by atoms with E-state index in [0.717, 1.165) is 12.0 Å². The Bertz CT molecular complexity index is 656. The molecule has 4 nitrogen and oxygen atoms in total. The van der Waals surface area contributed by atoms with Crippen LogP contribution >= 0.6 is 0 Å². The molecular formula is C18H21FN2O2. The maximum Gasteiger partial charge on any atom is 0.276 e. The summed E-state index contributed by atoms with van der Waals surface area (Å²) < 4.78 is 13.0. The van der Waals surface area contributed by atoms with Crippen molar-refractivity contribution in [3.05, 3.63) is 59.7 Å². The van der Waals surface area contributed by atoms with E-state index in [9.17, 15) is 14.3 Å². The molecule has 0 bridgehead atoms. The third kappa shape index (κ3) is 4.77. The number of aromatic nitrogens is 1. The zero-order chi connectivity index (χ0) is 16.8. The highest BCUT2D eigenvalue weighted by molar-refractivity contribution is 5.94. The van der Waals surface area contributed by atoms with Crippen molar-refractivity contribution < 1.29 is 14.3 Å². The van der Waals surface area contributed by atoms with Gasteiger partial charge in [-0.1, -0.05) is 26.0 Å². The summed E-state index contributed by atoms with van der Waals surface area (Å²) in [5, 5.41) is 9.85. The Labute approximate surface area is 135 Å². The summed E-state index contributed by atoms with van der Waals surface area (Å²) in [5.41, 5.74) is 0.872. The lowest BCUT2D eigenvalue weighted by atomic mass is 10.1. The lowest BCUT2D eigenvalue weighted by molar-refractivity contribution is 0.0726. The minimum Gasteiger partial charge on any atom is -0.505 e. The van der Waals surface area contributed by atoms with Gasteiger partial charge in [0.15, 0.2) is 5.69 Å². The van der Waals surface area contributed by atoms with Gasteiger partial charge in [-0.3, -0.25) is 4.79 Å². The van der Waals surface area contributed by atoms with E-state index in [0.29, 0.717) is 19.0 Å². The van der Waals surface area contributed by atoms with Crippen molar-refractivity contribution in [2.75, 3.05) is 6.54 Å². The first kappa shape index (κ1) is 16.9. The molecule has 0 radical (unpaired) electrons. The summed E-state index contributed by atoms with van der Waals surface area (Å²) in [6.07, 6.45) is 2.31. The SMILES string of the molecule is CC(C)CCN(Cc1ccc(F)cc1)C(=O)c1ncccc1O. The number of hydrogen-bond donors (Lipinski definition) is 1. The number of halogens is 1. The van der Waals surface area contributed by atoms with Crippen molar-refractivity contribution in [2.24, 2.45) is 5.92 Å². The Hall–Kier alpha value is -2.43. The standard InChI is InChI=1S/C18H21FN2O2/c1-13(2)9-11-21(12-14-5-7-15(19)8-6-14)18(23)17-16(22)4-3-10-20-17/h3-8,10,13,22H,9,11-12H2,1-2H3. The van der Waals surface area contributed by atoms with Crippen LogP contribution in [0.25, 0.3) is 0 Å². The molecule has 0 saturated carbocycles. The Morgan fingerprint density at radius 1 is 1.26 bits per heavy atom. The average Bonchev–Trinajstić information content (AvgIpc) is 2.53. The van der Waals surface area contributed by atoms with Gasteiger partial charge < -0.3 is 10.0 Å². The van der Waals surface area contributed by atoms with Gasteiger partial charge in [0, 0.05) is 19.3 Å². The summed E-state index contributed by atoms with van der Waals surface area (Å²) >= 11 is 0. The molecule has 1 N–H and O–H groups in total. The normalized spacial score (nSPS) is 10.8. The molecule has 0 atom stereocenters. The lowest BCUT2D eigenvalue weighted by Crippen LogP contribution is -2.32. The van der Waals surface area contributed by atoms with Crippen LogP contribution in [-0.2, 0) is 6.54 Å². The summed E-state index contributed by atoms with van der Waals surface area (Å²) in [7, 11) is 0. The number of amides is 1. The van der Waals surface area contributed by atoms with Gasteiger partial charge in [-0.2, -0.15) is 0 Å². The van der Waals surface area contributed by atoms with Gasteiger partial charge in [0.25, 0.3) is 5.91 Å². The summed E-state index contributed by atoms with van der Waals surface area (Å²) in [6, 6.07) is 9.08. The van der Waals surface area contributed by atoms with Crippen molar-refractivity contribution >= 4 is 5.91 Å². The minimum atomic E-state index is -0.326. The molecule has 1 heterocycles. The zero-order valence-corrected chi connectivity index (χ0v) is 13.4. The van der Waals surface area contributed by atoms with Crippen molar-refractivity contribution in [1.29, 1.82) is 0 Å². The van der Waals surface area contributed by atoms with Crippen molar-refractivity contribution in [2.45, 2.75) is 26.8 Å². The molecule has 1 aromatic carbocycles. The molecule has 0 spiro atoms. The highest BCUT2D eigenvalue weighted by Gasteiger charge is 2.20. The van der Waals surface area contributed by atoms with Crippen LogP contribution in [0.3, 0.4) is 0 Å². The highest BCUT2D eigenvalue weighted by Crippen LogP contribution is 2.18. The molecule has 0 saturated heterocycles. The van der Waals surface area contributed by atoms with E-state index in [-0.39, 0.29) is 23.2 Å². The van der Waals surface area contributed by atoms with Gasteiger partial charge in [-0.05, 0) is 42.2 Å². The van der Waals surface area contributed by atoms with Crippen LogP contribution in [0.4, 0.5) is 4.39 Å². The van der Waals surface area contributed by atoms with Gasteiger partial charge in [-0.15, -0.1) is 0 Å². The first-order valence-corrected chi connectivity index (χ1v) is 7.65. The van der Waals surface area contributed by atoms with Crippen LogP contribution in [0.15, 0.2) is 42.6 Å². The van der Waals surface area contributed by atoms with Crippen LogP contribution < -0.4 is 0 Å². The molecule has 0 fully saturated rings. The van der Waals surface area contributed by atoms with Crippen LogP contribution in [0.2, 0.25) is 0 Å². The molecule has 122 valence electrons. The number of carbonyl (C=O) groups is 1. The van der Waals surface area contributed by atoms with E-state index in [4.69, 9.17) is 0 Å². The molecule has 0 aliphatic carbocycles. The molecule has 0 aliphatic rings. The van der Waals surface area contributed by atoms with Crippen molar-refractivity contribution in [3.8, 4) is 5.75 Å². The zero-order valence-electron chi connectivity index (χ0n) is 13.4. The number of rotatable bonds is 6. The maximum absolute atomic E-state index is 13.0. The van der Waals surface area contributed by atoms with Gasteiger partial charge in [0.1, 0.15) is 11.6 Å². The largest absolute Gasteiger partial charge is 0.505 e. The molecule has 2 rings (SSSR count). The van der Waals surface area contributed by atoms with Gasteiger partial charge in [0.05, 0.1) is 0 Å². The van der Waals surface area contributed by atoms with E-state index in [2.05, 4.69) is 18.8 Å². The fourth-order valence-corrected chi connectivity index (χ4v) is 2.19. The predicted molar refractivity (Wildman–Crippen MR) is 86.5 cm³/mol. The van der Waals surface area contributed by atoms with E-state index >= 15 is 0 Å². The second-order valence-corrected chi connectivity index (χ2v) is 5.91. The summed E-state index contributed by atoms with van der Waals surface area (Å²) in [6.45, 7) is 5.06. The summed E-state index contributed by atoms with van der Waals surface area (Å²) in [4.78, 5) is 18.3. The monoisotopic (exact) mass is 316 g/mol. The molecule has 5 heteroatoms. The number of aromatic hydroxyl groups is 1. The average molecular weight is 316 g/mol. The molecule has 1 aromatic heterocycles. The fraction of sp³-hybridized carbons (Fsp3) is 0.333. The number of nitrogens with zero attached hydrogens (tertiary/aromatic N) is 2. The number of hydrogen-bond acceptors (Lipinski definition) is 3. The Morgan fingerprint density at radius 3 is 2.57 bits per heavy atom. The van der Waals surface area contributed by atoms with Crippen molar-refractivity contribution in [3.63, 3.8) is 0 Å². The smallest absolute Gasteiger partial charge is 0.276 e. The molecule has 1 amide bonds. The number of carbonyl (C=O) groups excluding carboxylic acids is 1. The van der Waals surface area contributed by atoms with E-state index in [1.165, 1.54) is 24.4 Å². The lowest BCUT2D eigenvalue weighted by Gasteiger charge is -2.23. The Balaban J connectivity index is 2.21. The molecule has 23 heavy (non-hydrogen) atoms. The quantitative estimate of drug-likeness (QED) is 0.885. The van der Waals surface area contributed by atoms with Crippen LogP contribution in [-0.4, -0.2) is 27.4 Å². The maximum atomic E-state index is 13.0. The van der Waals surface area contributed by atoms with Crippen LogP contribution in [0.5, 0.6) is 5.75 Å². The Kier molecular flexibility index (Phi) is 5.68. The number of benzene rings is 1. The highest BCUT2D eigenvalue weighted by atomic mass is 19.1. The van der Waals surface area contributed by atoms with Crippen LogP contribution in [0.1, 0.15) is 36.3 Å². The first-order chi connectivity index (χ1) is 11.0. The van der Waals surface area contributed by atoms with Gasteiger partial charge in [-0.25, -0.2) is 9.37 Å². The Morgan fingerprint density at radius 2 is 1.96 bits per heavy atom. The molecule has 0 aliphatic heterocycles. The van der Waals surface area contributed by atoms with E-state index in [1.807, 2.05) is 0 Å². The van der Waals surface area contributed by atoms with Crippen molar-refractivity contribution in [1.82, 2.24) is 9.88 Å². The third-order valence-corrected chi connectivity index (χ3v) is 3.54. The number of pyridine rings is 1. The fourth-order valence-electron chi connectivity index (χ4n) is 2.19. The summed E-state index contributed by atoms with van der Waals surface area (Å²) in [5.74, 6) is -0.328. The molecular weight excluding hydrogens is 295 g/mol. The topological polar surface area (TPSA) is 53.4 Å². The van der Waals surface area contributed by atoms with Crippen LogP contribution in [0, 0.1) is 11.7 Å². The van der Waals surface area contributed by atoms with E-state index < -0.39 is 0 Å². The first-order valence-electron chi connectivity index (χ1n) is 7.65. The van der Waals surface area contributed by atoms with E-state index in [1.54, 1.807) is 23.1 Å². The minimum absolute atomic E-state index is 0.0402. The second kappa shape index (κ2) is 7.72. The molecule has 2 aromatic rings. The molecule has 0 unspecified atom stereocenters. The third-order valence-electron chi connectivity index (χ3n) is 3.54. The predicted octanol–water partition coefficient (Wildman–Crippen LogP) is 3.61. The van der Waals surface area contributed by atoms with Gasteiger partial charge >= 0.3 is 0 Å².